The molecule has 4 nitrogen and oxygen atoms in total. The first-order chi connectivity index (χ1) is 8.80. The van der Waals surface area contributed by atoms with Gasteiger partial charge in [-0.1, -0.05) is 25.1 Å². The molecule has 2 rings (SSSR count). The van der Waals surface area contributed by atoms with Gasteiger partial charge >= 0.3 is 0 Å². The van der Waals surface area contributed by atoms with Crippen molar-refractivity contribution in [2.24, 2.45) is 0 Å². The number of rotatable bonds is 4. The molecule has 0 spiro atoms. The van der Waals surface area contributed by atoms with Crippen LogP contribution in [0.1, 0.15) is 18.9 Å². The SMILES string of the molecule is CC[C@@H](CO)Nc1c(C#N)cnc2ccccc12. The molecule has 0 fully saturated rings. The Labute approximate surface area is 106 Å². The Morgan fingerprint density at radius 1 is 1.44 bits per heavy atom. The molecule has 0 aliphatic heterocycles. The van der Waals surface area contributed by atoms with Gasteiger partial charge in [-0.3, -0.25) is 4.98 Å². The van der Waals surface area contributed by atoms with Crippen LogP contribution in [0, 0.1) is 11.3 Å². The van der Waals surface area contributed by atoms with Gasteiger partial charge in [0.1, 0.15) is 6.07 Å². The number of aliphatic hydroxyl groups excluding tert-OH is 1. The van der Waals surface area contributed by atoms with Gasteiger partial charge < -0.3 is 10.4 Å². The van der Waals surface area contributed by atoms with Crippen LogP contribution in [0.4, 0.5) is 5.69 Å². The standard InChI is InChI=1S/C14H15N3O/c1-2-11(9-18)17-14-10(7-15)8-16-13-6-4-3-5-12(13)14/h3-6,8,11,18H,2,9H2,1H3,(H,16,17)/t11-/m0/s1. The van der Waals surface area contributed by atoms with E-state index in [2.05, 4.69) is 16.4 Å². The fourth-order valence-electron chi connectivity index (χ4n) is 1.86. The van der Waals surface area contributed by atoms with Crippen molar-refractivity contribution in [2.45, 2.75) is 19.4 Å². The second-order valence-corrected chi connectivity index (χ2v) is 4.11. The van der Waals surface area contributed by atoms with Gasteiger partial charge in [0, 0.05) is 17.6 Å². The van der Waals surface area contributed by atoms with Gasteiger partial charge in [-0.15, -0.1) is 0 Å². The van der Waals surface area contributed by atoms with Gasteiger partial charge in [-0.05, 0) is 12.5 Å². The van der Waals surface area contributed by atoms with Gasteiger partial charge in [0.25, 0.3) is 0 Å². The molecule has 18 heavy (non-hydrogen) atoms. The molecule has 92 valence electrons. The summed E-state index contributed by atoms with van der Waals surface area (Å²) in [5.41, 5.74) is 2.09. The summed E-state index contributed by atoms with van der Waals surface area (Å²) in [4.78, 5) is 4.25. The highest BCUT2D eigenvalue weighted by Crippen LogP contribution is 2.26. The van der Waals surface area contributed by atoms with Crippen molar-refractivity contribution in [3.05, 3.63) is 36.0 Å². The maximum atomic E-state index is 9.26. The van der Waals surface area contributed by atoms with E-state index >= 15 is 0 Å². The minimum absolute atomic E-state index is 0.0397. The van der Waals surface area contributed by atoms with Crippen LogP contribution >= 0.6 is 0 Å². The number of pyridine rings is 1. The Kier molecular flexibility index (Phi) is 3.75. The third-order valence-corrected chi connectivity index (χ3v) is 2.96. The number of anilines is 1. The minimum atomic E-state index is -0.0529. The third kappa shape index (κ3) is 2.27. The molecular weight excluding hydrogens is 226 g/mol. The van der Waals surface area contributed by atoms with E-state index in [1.54, 1.807) is 6.20 Å². The van der Waals surface area contributed by atoms with Crippen LogP contribution in [-0.2, 0) is 0 Å². The van der Waals surface area contributed by atoms with Crippen molar-refractivity contribution in [3.8, 4) is 6.07 Å². The molecule has 0 amide bonds. The Morgan fingerprint density at radius 2 is 2.22 bits per heavy atom. The first-order valence-corrected chi connectivity index (χ1v) is 5.95. The first kappa shape index (κ1) is 12.3. The summed E-state index contributed by atoms with van der Waals surface area (Å²) in [5.74, 6) is 0. The molecule has 0 saturated heterocycles. The monoisotopic (exact) mass is 241 g/mol. The third-order valence-electron chi connectivity index (χ3n) is 2.96. The number of benzene rings is 1. The molecule has 1 aromatic carbocycles. The summed E-state index contributed by atoms with van der Waals surface area (Å²) in [5, 5.41) is 22.5. The summed E-state index contributed by atoms with van der Waals surface area (Å²) in [6, 6.07) is 9.74. The number of hydrogen-bond acceptors (Lipinski definition) is 4. The highest BCUT2D eigenvalue weighted by molar-refractivity contribution is 5.93. The van der Waals surface area contributed by atoms with E-state index in [1.165, 1.54) is 0 Å². The van der Waals surface area contributed by atoms with E-state index in [-0.39, 0.29) is 12.6 Å². The summed E-state index contributed by atoms with van der Waals surface area (Å²) in [7, 11) is 0. The zero-order valence-corrected chi connectivity index (χ0v) is 10.2. The average Bonchev–Trinajstić information content (AvgIpc) is 2.44. The van der Waals surface area contributed by atoms with E-state index in [0.717, 1.165) is 23.0 Å². The molecule has 0 unspecified atom stereocenters. The predicted octanol–water partition coefficient (Wildman–Crippen LogP) is 2.29. The van der Waals surface area contributed by atoms with Gasteiger partial charge in [0.05, 0.1) is 23.4 Å². The lowest BCUT2D eigenvalue weighted by Crippen LogP contribution is -2.23. The van der Waals surface area contributed by atoms with Crippen molar-refractivity contribution in [2.75, 3.05) is 11.9 Å². The first-order valence-electron chi connectivity index (χ1n) is 5.95. The number of aliphatic hydroxyl groups is 1. The van der Waals surface area contributed by atoms with Crippen LogP contribution in [0.5, 0.6) is 0 Å². The Morgan fingerprint density at radius 3 is 2.89 bits per heavy atom. The van der Waals surface area contributed by atoms with Crippen molar-refractivity contribution >= 4 is 16.6 Å². The van der Waals surface area contributed by atoms with Crippen LogP contribution in [-0.4, -0.2) is 22.7 Å². The summed E-state index contributed by atoms with van der Waals surface area (Å²) in [6.45, 7) is 2.03. The quantitative estimate of drug-likeness (QED) is 0.861. The fraction of sp³-hybridized carbons (Fsp3) is 0.286. The molecule has 4 heteroatoms. The second-order valence-electron chi connectivity index (χ2n) is 4.11. The number of hydrogen-bond donors (Lipinski definition) is 2. The fourth-order valence-corrected chi connectivity index (χ4v) is 1.86. The van der Waals surface area contributed by atoms with E-state index in [0.29, 0.717) is 5.56 Å². The number of aromatic nitrogens is 1. The lowest BCUT2D eigenvalue weighted by atomic mass is 10.1. The molecule has 1 aromatic heterocycles. The van der Waals surface area contributed by atoms with E-state index < -0.39 is 0 Å². The normalized spacial score (nSPS) is 12.1. The van der Waals surface area contributed by atoms with Crippen LogP contribution in [0.3, 0.4) is 0 Å². The van der Waals surface area contributed by atoms with Gasteiger partial charge in [0.15, 0.2) is 0 Å². The maximum absolute atomic E-state index is 9.26. The molecular formula is C14H15N3O. The number of nitriles is 1. The Balaban J connectivity index is 2.55. The average molecular weight is 241 g/mol. The molecule has 2 aromatic rings. The zero-order chi connectivity index (χ0) is 13.0. The molecule has 0 aliphatic carbocycles. The summed E-state index contributed by atoms with van der Waals surface area (Å²) in [6.07, 6.45) is 2.35. The van der Waals surface area contributed by atoms with Crippen molar-refractivity contribution in [1.82, 2.24) is 4.98 Å². The summed E-state index contributed by atoms with van der Waals surface area (Å²) < 4.78 is 0. The van der Waals surface area contributed by atoms with Gasteiger partial charge in [0.2, 0.25) is 0 Å². The van der Waals surface area contributed by atoms with E-state index in [9.17, 15) is 5.11 Å². The van der Waals surface area contributed by atoms with Crippen molar-refractivity contribution in [1.29, 1.82) is 5.26 Å². The van der Waals surface area contributed by atoms with Crippen LogP contribution in [0.25, 0.3) is 10.9 Å². The van der Waals surface area contributed by atoms with Gasteiger partial charge in [-0.2, -0.15) is 5.26 Å². The van der Waals surface area contributed by atoms with Crippen LogP contribution in [0.15, 0.2) is 30.5 Å². The Bertz CT molecular complexity index is 585. The molecule has 0 aliphatic rings. The van der Waals surface area contributed by atoms with Crippen LogP contribution < -0.4 is 5.32 Å². The molecule has 1 atom stereocenters. The van der Waals surface area contributed by atoms with Crippen LogP contribution in [0.2, 0.25) is 0 Å². The van der Waals surface area contributed by atoms with Crippen molar-refractivity contribution in [3.63, 3.8) is 0 Å². The van der Waals surface area contributed by atoms with Crippen molar-refractivity contribution < 1.29 is 5.11 Å². The number of para-hydroxylation sites is 1. The number of fused-ring (bicyclic) bond motifs is 1. The second kappa shape index (κ2) is 5.48. The van der Waals surface area contributed by atoms with E-state index in [1.807, 2.05) is 31.2 Å². The highest BCUT2D eigenvalue weighted by Gasteiger charge is 2.12. The molecule has 0 bridgehead atoms. The largest absolute Gasteiger partial charge is 0.394 e. The predicted molar refractivity (Wildman–Crippen MR) is 71.2 cm³/mol. The Hall–Kier alpha value is -2.12. The van der Waals surface area contributed by atoms with E-state index in [4.69, 9.17) is 5.26 Å². The molecule has 0 saturated carbocycles. The number of nitrogens with zero attached hydrogens (tertiary/aromatic N) is 2. The molecule has 0 radical (unpaired) electrons. The lowest BCUT2D eigenvalue weighted by molar-refractivity contribution is 0.272. The number of nitrogens with one attached hydrogen (secondary N) is 1. The minimum Gasteiger partial charge on any atom is -0.394 e. The topological polar surface area (TPSA) is 68.9 Å². The maximum Gasteiger partial charge on any atom is 0.103 e. The van der Waals surface area contributed by atoms with Gasteiger partial charge in [-0.25, -0.2) is 0 Å². The zero-order valence-electron chi connectivity index (χ0n) is 10.2. The lowest BCUT2D eigenvalue weighted by Gasteiger charge is -2.18. The summed E-state index contributed by atoms with van der Waals surface area (Å²) >= 11 is 0. The smallest absolute Gasteiger partial charge is 0.103 e. The molecule has 1 heterocycles. The highest BCUT2D eigenvalue weighted by atomic mass is 16.3. The molecule has 2 N–H and O–H groups in total.